The zero-order valence-corrected chi connectivity index (χ0v) is 17.6. The van der Waals surface area contributed by atoms with Crippen LogP contribution in [0, 0.1) is 0 Å². The first-order chi connectivity index (χ1) is 14.4. The summed E-state index contributed by atoms with van der Waals surface area (Å²) in [6.45, 7) is 1.55. The highest BCUT2D eigenvalue weighted by atomic mass is 16.5. The Bertz CT molecular complexity index is 890. The first-order valence-corrected chi connectivity index (χ1v) is 9.27. The van der Waals surface area contributed by atoms with Gasteiger partial charge in [0.2, 0.25) is 5.91 Å². The van der Waals surface area contributed by atoms with Crippen LogP contribution in [0.15, 0.2) is 42.5 Å². The number of carbonyl (C=O) groups is 3. The van der Waals surface area contributed by atoms with Crippen molar-refractivity contribution in [2.24, 2.45) is 0 Å². The number of ether oxygens (including phenoxy) is 3. The maximum absolute atomic E-state index is 12.6. The fourth-order valence-electron chi connectivity index (χ4n) is 2.92. The van der Waals surface area contributed by atoms with Crippen molar-refractivity contribution in [3.8, 4) is 11.5 Å². The third-order valence-electron chi connectivity index (χ3n) is 4.35. The van der Waals surface area contributed by atoms with Gasteiger partial charge in [0.15, 0.2) is 5.78 Å². The highest BCUT2D eigenvalue weighted by Crippen LogP contribution is 2.23. The summed E-state index contributed by atoms with van der Waals surface area (Å²) in [5.74, 6) is 0.217. The SMILES string of the molecule is COC(=O)CN(CC(=O)Nc1ccccc1C(C)=O)Cc1cc(OC)cc(OC)c1. The standard InChI is InChI=1S/C22H26N2O6/c1-15(25)19-7-5-6-8-20(19)23-21(26)13-24(14-22(27)30-4)12-16-9-17(28-2)11-18(10-16)29-3/h5-11H,12-14H2,1-4H3,(H,23,26). The topological polar surface area (TPSA) is 94.2 Å². The number of anilines is 1. The van der Waals surface area contributed by atoms with Crippen molar-refractivity contribution >= 4 is 23.3 Å². The number of ketones is 1. The molecule has 0 fully saturated rings. The van der Waals surface area contributed by atoms with Crippen LogP contribution in [-0.4, -0.2) is 57.0 Å². The van der Waals surface area contributed by atoms with Gasteiger partial charge in [0.1, 0.15) is 11.5 Å². The summed E-state index contributed by atoms with van der Waals surface area (Å²) in [4.78, 5) is 37.9. The summed E-state index contributed by atoms with van der Waals surface area (Å²) >= 11 is 0. The second kappa shape index (κ2) is 11.0. The van der Waals surface area contributed by atoms with Crippen LogP contribution in [0.5, 0.6) is 11.5 Å². The highest BCUT2D eigenvalue weighted by molar-refractivity contribution is 6.04. The molecule has 0 heterocycles. The molecule has 1 N–H and O–H groups in total. The van der Waals surface area contributed by atoms with Crippen LogP contribution in [0.1, 0.15) is 22.8 Å². The lowest BCUT2D eigenvalue weighted by Gasteiger charge is -2.21. The van der Waals surface area contributed by atoms with Gasteiger partial charge < -0.3 is 19.5 Å². The largest absolute Gasteiger partial charge is 0.497 e. The number of carbonyl (C=O) groups excluding carboxylic acids is 3. The highest BCUT2D eigenvalue weighted by Gasteiger charge is 2.18. The number of hydrogen-bond acceptors (Lipinski definition) is 7. The molecule has 0 bridgehead atoms. The lowest BCUT2D eigenvalue weighted by atomic mass is 10.1. The Hall–Kier alpha value is -3.39. The summed E-state index contributed by atoms with van der Waals surface area (Å²) < 4.78 is 15.3. The molecule has 2 rings (SSSR count). The van der Waals surface area contributed by atoms with Crippen LogP contribution >= 0.6 is 0 Å². The van der Waals surface area contributed by atoms with Crippen LogP contribution in [-0.2, 0) is 20.9 Å². The predicted octanol–water partition coefficient (Wildman–Crippen LogP) is 2.52. The van der Waals surface area contributed by atoms with E-state index in [1.54, 1.807) is 61.6 Å². The Morgan fingerprint density at radius 3 is 2.13 bits per heavy atom. The number of nitrogens with one attached hydrogen (secondary N) is 1. The van der Waals surface area contributed by atoms with E-state index < -0.39 is 5.97 Å². The summed E-state index contributed by atoms with van der Waals surface area (Å²) in [5, 5.41) is 2.74. The summed E-state index contributed by atoms with van der Waals surface area (Å²) in [5.41, 5.74) is 1.64. The van der Waals surface area contributed by atoms with Crippen molar-refractivity contribution in [2.75, 3.05) is 39.7 Å². The van der Waals surface area contributed by atoms with E-state index in [1.165, 1.54) is 14.0 Å². The minimum absolute atomic E-state index is 0.0825. The van der Waals surface area contributed by atoms with E-state index >= 15 is 0 Å². The molecular formula is C22H26N2O6. The molecule has 0 unspecified atom stereocenters. The summed E-state index contributed by atoms with van der Waals surface area (Å²) in [6, 6.07) is 12.1. The van der Waals surface area contributed by atoms with Gasteiger partial charge in [-0.2, -0.15) is 0 Å². The summed E-state index contributed by atoms with van der Waals surface area (Å²) in [7, 11) is 4.38. The van der Waals surface area contributed by atoms with Gasteiger partial charge in [-0.25, -0.2) is 0 Å². The van der Waals surface area contributed by atoms with Gasteiger partial charge in [-0.05, 0) is 36.8 Å². The molecule has 0 atom stereocenters. The maximum Gasteiger partial charge on any atom is 0.319 e. The molecule has 30 heavy (non-hydrogen) atoms. The average Bonchev–Trinajstić information content (AvgIpc) is 2.73. The van der Waals surface area contributed by atoms with Crippen molar-refractivity contribution in [3.63, 3.8) is 0 Å². The van der Waals surface area contributed by atoms with Gasteiger partial charge >= 0.3 is 5.97 Å². The number of para-hydroxylation sites is 1. The fraction of sp³-hybridized carbons (Fsp3) is 0.318. The van der Waals surface area contributed by atoms with Crippen molar-refractivity contribution < 1.29 is 28.6 Å². The van der Waals surface area contributed by atoms with E-state index in [-0.39, 0.29) is 31.3 Å². The number of methoxy groups -OCH3 is 3. The van der Waals surface area contributed by atoms with Crippen molar-refractivity contribution in [1.82, 2.24) is 4.90 Å². The third kappa shape index (κ3) is 6.59. The Morgan fingerprint density at radius 1 is 0.933 bits per heavy atom. The fourth-order valence-corrected chi connectivity index (χ4v) is 2.92. The molecule has 8 nitrogen and oxygen atoms in total. The van der Waals surface area contributed by atoms with Gasteiger partial charge in [-0.15, -0.1) is 0 Å². The summed E-state index contributed by atoms with van der Waals surface area (Å²) in [6.07, 6.45) is 0. The molecule has 8 heteroatoms. The van der Waals surface area contributed by atoms with Gasteiger partial charge in [0.05, 0.1) is 40.1 Å². The number of amides is 1. The first-order valence-electron chi connectivity index (χ1n) is 9.27. The Morgan fingerprint density at radius 2 is 1.57 bits per heavy atom. The Kier molecular flexibility index (Phi) is 8.37. The van der Waals surface area contributed by atoms with E-state index in [9.17, 15) is 14.4 Å². The van der Waals surface area contributed by atoms with Crippen molar-refractivity contribution in [1.29, 1.82) is 0 Å². The Labute approximate surface area is 175 Å². The third-order valence-corrected chi connectivity index (χ3v) is 4.35. The van der Waals surface area contributed by atoms with Crippen molar-refractivity contribution in [2.45, 2.75) is 13.5 Å². The van der Waals surface area contributed by atoms with E-state index in [0.29, 0.717) is 22.7 Å². The number of esters is 1. The monoisotopic (exact) mass is 414 g/mol. The quantitative estimate of drug-likeness (QED) is 0.472. The number of hydrogen-bond donors (Lipinski definition) is 1. The molecule has 0 saturated carbocycles. The zero-order valence-electron chi connectivity index (χ0n) is 17.6. The first kappa shape index (κ1) is 22.9. The minimum atomic E-state index is -0.471. The molecule has 0 spiro atoms. The van der Waals surface area contributed by atoms with Crippen LogP contribution in [0.3, 0.4) is 0 Å². The molecule has 2 aromatic carbocycles. The molecule has 0 aromatic heterocycles. The van der Waals surface area contributed by atoms with E-state index in [1.807, 2.05) is 0 Å². The average molecular weight is 414 g/mol. The van der Waals surface area contributed by atoms with Gasteiger partial charge in [-0.1, -0.05) is 12.1 Å². The second-order valence-corrected chi connectivity index (χ2v) is 6.59. The van der Waals surface area contributed by atoms with E-state index in [2.05, 4.69) is 5.32 Å². The zero-order chi connectivity index (χ0) is 22.1. The molecule has 2 aromatic rings. The number of benzene rings is 2. The molecule has 0 radical (unpaired) electrons. The lowest BCUT2D eigenvalue weighted by Crippen LogP contribution is -2.37. The molecule has 0 aliphatic rings. The minimum Gasteiger partial charge on any atom is -0.497 e. The van der Waals surface area contributed by atoms with Crippen LogP contribution < -0.4 is 14.8 Å². The Balaban J connectivity index is 2.18. The normalized spacial score (nSPS) is 10.4. The molecule has 0 saturated heterocycles. The van der Waals surface area contributed by atoms with Crippen molar-refractivity contribution in [3.05, 3.63) is 53.6 Å². The molecule has 0 aliphatic heterocycles. The van der Waals surface area contributed by atoms with Gasteiger partial charge in [0, 0.05) is 18.2 Å². The van der Waals surface area contributed by atoms with Crippen LogP contribution in [0.2, 0.25) is 0 Å². The lowest BCUT2D eigenvalue weighted by molar-refractivity contribution is -0.142. The molecule has 160 valence electrons. The number of rotatable bonds is 10. The van der Waals surface area contributed by atoms with Crippen LogP contribution in [0.4, 0.5) is 5.69 Å². The number of Topliss-reactive ketones (excluding diaryl/α,β-unsaturated/α-hetero) is 1. The molecule has 1 amide bonds. The maximum atomic E-state index is 12.6. The second-order valence-electron chi connectivity index (χ2n) is 6.59. The molecular weight excluding hydrogens is 388 g/mol. The van der Waals surface area contributed by atoms with Crippen LogP contribution in [0.25, 0.3) is 0 Å². The van der Waals surface area contributed by atoms with E-state index in [0.717, 1.165) is 5.56 Å². The predicted molar refractivity (Wildman–Crippen MR) is 112 cm³/mol. The van der Waals surface area contributed by atoms with Gasteiger partial charge in [-0.3, -0.25) is 19.3 Å². The van der Waals surface area contributed by atoms with Gasteiger partial charge in [0.25, 0.3) is 0 Å². The molecule has 0 aliphatic carbocycles. The number of nitrogens with zero attached hydrogens (tertiary/aromatic N) is 1. The smallest absolute Gasteiger partial charge is 0.319 e. The van der Waals surface area contributed by atoms with E-state index in [4.69, 9.17) is 14.2 Å².